The molecule has 0 unspecified atom stereocenters. The summed E-state index contributed by atoms with van der Waals surface area (Å²) in [6.45, 7) is 4.58. The number of aromatic nitrogens is 2. The summed E-state index contributed by atoms with van der Waals surface area (Å²) in [6, 6.07) is 9.78. The van der Waals surface area contributed by atoms with Gasteiger partial charge in [-0.05, 0) is 44.2 Å². The minimum Gasteiger partial charge on any atom is -0.356 e. The van der Waals surface area contributed by atoms with Crippen molar-refractivity contribution < 1.29 is 0 Å². The monoisotopic (exact) mass is 393 g/mol. The van der Waals surface area contributed by atoms with Gasteiger partial charge in [-0.15, -0.1) is 0 Å². The number of benzene rings is 1. The van der Waals surface area contributed by atoms with Crippen LogP contribution >= 0.6 is 0 Å². The van der Waals surface area contributed by atoms with Gasteiger partial charge in [0.05, 0.1) is 5.52 Å². The van der Waals surface area contributed by atoms with E-state index in [1.54, 1.807) is 0 Å². The van der Waals surface area contributed by atoms with Gasteiger partial charge < -0.3 is 10.2 Å². The number of rotatable bonds is 4. The maximum Gasteiger partial charge on any atom is 0.225 e. The summed E-state index contributed by atoms with van der Waals surface area (Å²) in [7, 11) is 0. The lowest BCUT2D eigenvalue weighted by Gasteiger charge is -2.31. The van der Waals surface area contributed by atoms with Gasteiger partial charge in [-0.25, -0.2) is 4.98 Å². The summed E-state index contributed by atoms with van der Waals surface area (Å²) in [6.07, 6.45) is 13.4. The van der Waals surface area contributed by atoms with Crippen molar-refractivity contribution in [3.05, 3.63) is 24.3 Å². The molecule has 29 heavy (non-hydrogen) atoms. The molecule has 156 valence electrons. The average molecular weight is 394 g/mol. The summed E-state index contributed by atoms with van der Waals surface area (Å²) < 4.78 is 0. The summed E-state index contributed by atoms with van der Waals surface area (Å²) in [5.41, 5.74) is 1.06. The topological polar surface area (TPSA) is 44.3 Å². The van der Waals surface area contributed by atoms with E-state index in [-0.39, 0.29) is 0 Å². The Morgan fingerprint density at radius 1 is 0.793 bits per heavy atom. The molecule has 3 fully saturated rings. The van der Waals surface area contributed by atoms with Crippen LogP contribution in [0.2, 0.25) is 0 Å². The first-order valence-corrected chi connectivity index (χ1v) is 11.9. The molecular formula is C24H35N5. The lowest BCUT2D eigenvalue weighted by atomic mass is 9.94. The molecule has 2 aromatic rings. The molecule has 0 bridgehead atoms. The first-order chi connectivity index (χ1) is 14.4. The third-order valence-electron chi connectivity index (χ3n) is 7.13. The van der Waals surface area contributed by atoms with Crippen LogP contribution in [0.25, 0.3) is 10.9 Å². The molecule has 0 amide bonds. The molecule has 3 heterocycles. The fraction of sp³-hybridized carbons (Fsp3) is 0.667. The minimum atomic E-state index is 0.468. The van der Waals surface area contributed by atoms with E-state index in [0.29, 0.717) is 6.04 Å². The minimum absolute atomic E-state index is 0.468. The summed E-state index contributed by atoms with van der Waals surface area (Å²) in [5, 5.41) is 4.90. The maximum atomic E-state index is 5.05. The van der Waals surface area contributed by atoms with Gasteiger partial charge in [0, 0.05) is 43.6 Å². The highest BCUT2D eigenvalue weighted by molar-refractivity contribution is 5.90. The number of nitrogens with one attached hydrogen (secondary N) is 1. The molecule has 1 N–H and O–H groups in total. The zero-order valence-corrected chi connectivity index (χ0v) is 17.7. The van der Waals surface area contributed by atoms with Crippen molar-refractivity contribution in [2.45, 2.75) is 76.3 Å². The van der Waals surface area contributed by atoms with Gasteiger partial charge in [0.25, 0.3) is 0 Å². The van der Waals surface area contributed by atoms with Crippen LogP contribution in [-0.2, 0) is 0 Å². The van der Waals surface area contributed by atoms with Crippen LogP contribution in [0.3, 0.4) is 0 Å². The summed E-state index contributed by atoms with van der Waals surface area (Å²) >= 11 is 0. The number of hydrogen-bond acceptors (Lipinski definition) is 5. The second-order valence-electron chi connectivity index (χ2n) is 9.21. The molecule has 5 heteroatoms. The van der Waals surface area contributed by atoms with Crippen LogP contribution in [0.4, 0.5) is 11.8 Å². The number of hydrogen-bond donors (Lipinski definition) is 1. The van der Waals surface area contributed by atoms with Gasteiger partial charge >= 0.3 is 0 Å². The molecule has 1 aromatic heterocycles. The predicted octanol–water partition coefficient (Wildman–Crippen LogP) is 4.83. The second kappa shape index (κ2) is 8.86. The Morgan fingerprint density at radius 2 is 1.55 bits per heavy atom. The standard InChI is InChI=1S/C24H35N5/c1-2-9-16-28(15-8-1)23-21-12-6-7-13-22(21)26-24(27-23)25-19-14-17-29(18-19)20-10-4-3-5-11-20/h6-7,12-13,19-20H,1-5,8-11,14-18H2,(H,25,26,27)/t19-/m0/s1. The summed E-state index contributed by atoms with van der Waals surface area (Å²) in [5.74, 6) is 1.94. The zero-order valence-electron chi connectivity index (χ0n) is 17.7. The normalized spacial score (nSPS) is 24.7. The molecule has 3 aliphatic rings. The van der Waals surface area contributed by atoms with Crippen LogP contribution in [0, 0.1) is 0 Å². The number of para-hydroxylation sites is 1. The highest BCUT2D eigenvalue weighted by Gasteiger charge is 2.29. The van der Waals surface area contributed by atoms with E-state index < -0.39 is 0 Å². The second-order valence-corrected chi connectivity index (χ2v) is 9.21. The van der Waals surface area contributed by atoms with Crippen molar-refractivity contribution >= 4 is 22.7 Å². The van der Waals surface area contributed by atoms with Crippen molar-refractivity contribution in [1.82, 2.24) is 14.9 Å². The van der Waals surface area contributed by atoms with Crippen molar-refractivity contribution in [2.24, 2.45) is 0 Å². The third kappa shape index (κ3) is 4.35. The van der Waals surface area contributed by atoms with E-state index in [9.17, 15) is 0 Å². The van der Waals surface area contributed by atoms with Crippen molar-refractivity contribution in [1.29, 1.82) is 0 Å². The Labute approximate surface area is 174 Å². The first kappa shape index (κ1) is 19.1. The van der Waals surface area contributed by atoms with E-state index in [0.717, 1.165) is 43.0 Å². The lowest BCUT2D eigenvalue weighted by Crippen LogP contribution is -2.36. The number of anilines is 2. The third-order valence-corrected chi connectivity index (χ3v) is 7.13. The molecule has 2 aliphatic heterocycles. The Hall–Kier alpha value is -1.88. The number of likely N-dealkylation sites (tertiary alicyclic amines) is 1. The van der Waals surface area contributed by atoms with E-state index in [1.165, 1.54) is 76.1 Å². The largest absolute Gasteiger partial charge is 0.356 e. The summed E-state index contributed by atoms with van der Waals surface area (Å²) in [4.78, 5) is 15.1. The molecule has 1 aromatic carbocycles. The van der Waals surface area contributed by atoms with E-state index in [2.05, 4.69) is 39.4 Å². The fourth-order valence-corrected chi connectivity index (χ4v) is 5.51. The quantitative estimate of drug-likeness (QED) is 0.806. The van der Waals surface area contributed by atoms with Gasteiger partial charge in [-0.3, -0.25) is 4.90 Å². The Morgan fingerprint density at radius 3 is 2.38 bits per heavy atom. The molecule has 0 radical (unpaired) electrons. The van der Waals surface area contributed by atoms with Gasteiger partial charge in [0.2, 0.25) is 5.95 Å². The van der Waals surface area contributed by atoms with Gasteiger partial charge in [-0.2, -0.15) is 4.98 Å². The van der Waals surface area contributed by atoms with Crippen molar-refractivity contribution in [3.8, 4) is 0 Å². The predicted molar refractivity (Wildman–Crippen MR) is 121 cm³/mol. The van der Waals surface area contributed by atoms with Gasteiger partial charge in [0.15, 0.2) is 0 Å². The van der Waals surface area contributed by atoms with Gasteiger partial charge in [-0.1, -0.05) is 44.2 Å². The Kier molecular flexibility index (Phi) is 5.84. The smallest absolute Gasteiger partial charge is 0.225 e. The Balaban J connectivity index is 1.35. The Bertz CT molecular complexity index is 808. The lowest BCUT2D eigenvalue weighted by molar-refractivity contribution is 0.190. The molecule has 1 aliphatic carbocycles. The molecule has 2 saturated heterocycles. The maximum absolute atomic E-state index is 5.05. The van der Waals surface area contributed by atoms with Crippen LogP contribution < -0.4 is 10.2 Å². The van der Waals surface area contributed by atoms with Crippen LogP contribution in [0.15, 0.2) is 24.3 Å². The number of nitrogens with zero attached hydrogens (tertiary/aromatic N) is 4. The molecule has 0 spiro atoms. The number of fused-ring (bicyclic) bond motifs is 1. The molecule has 5 nitrogen and oxygen atoms in total. The van der Waals surface area contributed by atoms with Crippen LogP contribution in [0.5, 0.6) is 0 Å². The SMILES string of the molecule is c1ccc2c(N3CCCCCC3)nc(N[C@H]3CCN(C4CCCCC4)C3)nc2c1. The average Bonchev–Trinajstić information content (AvgIpc) is 3.06. The zero-order chi connectivity index (χ0) is 19.5. The van der Waals surface area contributed by atoms with Crippen LogP contribution in [0.1, 0.15) is 64.2 Å². The highest BCUT2D eigenvalue weighted by Crippen LogP contribution is 2.29. The molecule has 1 atom stereocenters. The molecular weight excluding hydrogens is 358 g/mol. The molecule has 1 saturated carbocycles. The fourth-order valence-electron chi connectivity index (χ4n) is 5.51. The highest BCUT2D eigenvalue weighted by atomic mass is 15.3. The van der Waals surface area contributed by atoms with E-state index >= 15 is 0 Å². The van der Waals surface area contributed by atoms with Crippen molar-refractivity contribution in [3.63, 3.8) is 0 Å². The first-order valence-electron chi connectivity index (χ1n) is 11.9. The van der Waals surface area contributed by atoms with Crippen LogP contribution in [-0.4, -0.2) is 53.1 Å². The van der Waals surface area contributed by atoms with E-state index in [1.807, 2.05) is 0 Å². The molecule has 5 rings (SSSR count). The van der Waals surface area contributed by atoms with E-state index in [4.69, 9.17) is 9.97 Å². The van der Waals surface area contributed by atoms with Crippen molar-refractivity contribution in [2.75, 3.05) is 36.4 Å². The van der Waals surface area contributed by atoms with Gasteiger partial charge in [0.1, 0.15) is 5.82 Å².